The van der Waals surface area contributed by atoms with Gasteiger partial charge in [0.25, 0.3) is 0 Å². The van der Waals surface area contributed by atoms with Gasteiger partial charge in [0, 0.05) is 0 Å². The van der Waals surface area contributed by atoms with Crippen LogP contribution >= 0.6 is 0 Å². The number of nitriles is 1. The highest BCUT2D eigenvalue weighted by Crippen LogP contribution is 2.15. The van der Waals surface area contributed by atoms with Gasteiger partial charge in [-0.2, -0.15) is 5.26 Å². The number of ketones is 1. The van der Waals surface area contributed by atoms with Gasteiger partial charge in [-0.1, -0.05) is 12.1 Å². The molecule has 0 aliphatic carbocycles. The van der Waals surface area contributed by atoms with Crippen molar-refractivity contribution in [1.29, 1.82) is 5.26 Å². The molecule has 1 unspecified atom stereocenters. The summed E-state index contributed by atoms with van der Waals surface area (Å²) in [6, 6.07) is 6.39. The topological polar surface area (TPSA) is 40.9 Å². The molecule has 0 amide bonds. The normalized spacial score (nSPS) is 11.9. The molecule has 3 heteroatoms. The zero-order valence-corrected chi connectivity index (χ0v) is 8.04. The van der Waals surface area contributed by atoms with E-state index in [1.807, 2.05) is 0 Å². The average molecular weight is 191 g/mol. The maximum absolute atomic E-state index is 13.4. The Hall–Kier alpha value is -1.69. The molecule has 0 aromatic heterocycles. The molecule has 0 heterocycles. The third-order valence-corrected chi connectivity index (χ3v) is 2.04. The molecule has 1 atom stereocenters. The molecule has 72 valence electrons. The first-order valence-electron chi connectivity index (χ1n) is 4.27. The Labute approximate surface area is 82.0 Å². The van der Waals surface area contributed by atoms with Crippen LogP contribution in [-0.2, 0) is 0 Å². The maximum atomic E-state index is 13.4. The molecule has 14 heavy (non-hydrogen) atoms. The smallest absolute Gasteiger partial charge is 0.182 e. The average Bonchev–Trinajstić information content (AvgIpc) is 2.20. The summed E-state index contributed by atoms with van der Waals surface area (Å²) in [5, 5.41) is 8.53. The van der Waals surface area contributed by atoms with Crippen LogP contribution < -0.4 is 0 Å². The lowest BCUT2D eigenvalue weighted by Crippen LogP contribution is -2.11. The summed E-state index contributed by atoms with van der Waals surface area (Å²) >= 11 is 0. The SMILES string of the molecule is Cc1cccc(C(=O)C(C)C#N)c1F. The lowest BCUT2D eigenvalue weighted by Gasteiger charge is -2.05. The van der Waals surface area contributed by atoms with Crippen molar-refractivity contribution in [3.8, 4) is 6.07 Å². The minimum Gasteiger partial charge on any atom is -0.293 e. The number of hydrogen-bond acceptors (Lipinski definition) is 2. The highest BCUT2D eigenvalue weighted by atomic mass is 19.1. The minimum absolute atomic E-state index is 0.000880. The summed E-state index contributed by atoms with van der Waals surface area (Å²) in [6.45, 7) is 3.05. The van der Waals surface area contributed by atoms with Crippen molar-refractivity contribution in [2.45, 2.75) is 13.8 Å². The predicted molar refractivity (Wildman–Crippen MR) is 50.2 cm³/mol. The fourth-order valence-corrected chi connectivity index (χ4v) is 1.13. The van der Waals surface area contributed by atoms with E-state index >= 15 is 0 Å². The van der Waals surface area contributed by atoms with Crippen molar-refractivity contribution in [3.63, 3.8) is 0 Å². The highest BCUT2D eigenvalue weighted by Gasteiger charge is 2.18. The third kappa shape index (κ3) is 1.80. The second-order valence-electron chi connectivity index (χ2n) is 3.15. The second kappa shape index (κ2) is 4.01. The highest BCUT2D eigenvalue weighted by molar-refractivity contribution is 5.99. The summed E-state index contributed by atoms with van der Waals surface area (Å²) in [5.41, 5.74) is 0.417. The van der Waals surface area contributed by atoms with Gasteiger partial charge in [0.2, 0.25) is 0 Å². The molecule has 1 rings (SSSR count). The Balaban J connectivity index is 3.15. The number of hydrogen-bond donors (Lipinski definition) is 0. The Morgan fingerprint density at radius 1 is 1.57 bits per heavy atom. The molecule has 0 aliphatic rings. The number of rotatable bonds is 2. The Morgan fingerprint density at radius 2 is 2.21 bits per heavy atom. The Bertz CT molecular complexity index is 406. The van der Waals surface area contributed by atoms with Crippen molar-refractivity contribution in [2.24, 2.45) is 5.92 Å². The molecule has 0 fully saturated rings. The van der Waals surface area contributed by atoms with Crippen LogP contribution in [-0.4, -0.2) is 5.78 Å². The molecule has 0 radical (unpaired) electrons. The number of Topliss-reactive ketones (excluding diaryl/α,β-unsaturated/α-hetero) is 1. The first-order valence-corrected chi connectivity index (χ1v) is 4.27. The van der Waals surface area contributed by atoms with E-state index < -0.39 is 17.5 Å². The van der Waals surface area contributed by atoms with Gasteiger partial charge in [-0.3, -0.25) is 4.79 Å². The molecule has 0 saturated carbocycles. The van der Waals surface area contributed by atoms with E-state index in [4.69, 9.17) is 5.26 Å². The van der Waals surface area contributed by atoms with Crippen molar-refractivity contribution >= 4 is 5.78 Å². The second-order valence-corrected chi connectivity index (χ2v) is 3.15. The molecule has 1 aromatic carbocycles. The van der Waals surface area contributed by atoms with Crippen LogP contribution in [0, 0.1) is 30.0 Å². The zero-order chi connectivity index (χ0) is 10.7. The molecule has 0 bridgehead atoms. The molecule has 1 aromatic rings. The number of benzene rings is 1. The molecule has 2 nitrogen and oxygen atoms in total. The Morgan fingerprint density at radius 3 is 2.79 bits per heavy atom. The van der Waals surface area contributed by atoms with Crippen molar-refractivity contribution in [2.75, 3.05) is 0 Å². The quantitative estimate of drug-likeness (QED) is 0.674. The summed E-state index contributed by atoms with van der Waals surface area (Å²) in [4.78, 5) is 11.5. The molecular formula is C11H10FNO. The van der Waals surface area contributed by atoms with Crippen LogP contribution in [0.15, 0.2) is 18.2 Å². The fraction of sp³-hybridized carbons (Fsp3) is 0.273. The largest absolute Gasteiger partial charge is 0.293 e. The fourth-order valence-electron chi connectivity index (χ4n) is 1.13. The van der Waals surface area contributed by atoms with Crippen molar-refractivity contribution in [1.82, 2.24) is 0 Å². The van der Waals surface area contributed by atoms with E-state index in [2.05, 4.69) is 0 Å². The van der Waals surface area contributed by atoms with Crippen molar-refractivity contribution < 1.29 is 9.18 Å². The monoisotopic (exact) mass is 191 g/mol. The van der Waals surface area contributed by atoms with Crippen LogP contribution in [0.25, 0.3) is 0 Å². The van der Waals surface area contributed by atoms with Crippen LogP contribution in [0.3, 0.4) is 0 Å². The molecule has 0 spiro atoms. The number of aryl methyl sites for hydroxylation is 1. The lowest BCUT2D eigenvalue weighted by molar-refractivity contribution is 0.0952. The standard InChI is InChI=1S/C11H10FNO/c1-7-4-3-5-9(10(7)12)11(14)8(2)6-13/h3-5,8H,1-2H3. The summed E-state index contributed by atoms with van der Waals surface area (Å²) < 4.78 is 13.4. The van der Waals surface area contributed by atoms with Crippen molar-refractivity contribution in [3.05, 3.63) is 35.1 Å². The van der Waals surface area contributed by atoms with Gasteiger partial charge in [0.15, 0.2) is 5.78 Å². The summed E-state index contributed by atoms with van der Waals surface area (Å²) in [7, 11) is 0. The predicted octanol–water partition coefficient (Wildman–Crippen LogP) is 2.48. The van der Waals surface area contributed by atoms with Crippen LogP contribution in [0.5, 0.6) is 0 Å². The van der Waals surface area contributed by atoms with E-state index in [0.29, 0.717) is 5.56 Å². The summed E-state index contributed by atoms with van der Waals surface area (Å²) in [6.07, 6.45) is 0. The molecular weight excluding hydrogens is 181 g/mol. The summed E-state index contributed by atoms with van der Waals surface area (Å²) in [5.74, 6) is -1.79. The van der Waals surface area contributed by atoms with E-state index in [-0.39, 0.29) is 5.56 Å². The van der Waals surface area contributed by atoms with Gasteiger partial charge in [0.05, 0.1) is 11.6 Å². The molecule has 0 saturated heterocycles. The van der Waals surface area contributed by atoms with Gasteiger partial charge in [-0.25, -0.2) is 4.39 Å². The van der Waals surface area contributed by atoms with Gasteiger partial charge in [-0.05, 0) is 25.5 Å². The first-order chi connectivity index (χ1) is 6.57. The Kier molecular flexibility index (Phi) is 2.98. The van der Waals surface area contributed by atoms with E-state index in [0.717, 1.165) is 0 Å². The van der Waals surface area contributed by atoms with Crippen LogP contribution in [0.1, 0.15) is 22.8 Å². The van der Waals surface area contributed by atoms with Gasteiger partial charge < -0.3 is 0 Å². The minimum atomic E-state index is -0.800. The van der Waals surface area contributed by atoms with Crippen LogP contribution in [0.2, 0.25) is 0 Å². The van der Waals surface area contributed by atoms with Gasteiger partial charge in [-0.15, -0.1) is 0 Å². The molecule has 0 N–H and O–H groups in total. The zero-order valence-electron chi connectivity index (χ0n) is 8.04. The number of nitrogens with zero attached hydrogens (tertiary/aromatic N) is 1. The molecule has 0 aliphatic heterocycles. The number of carbonyl (C=O) groups is 1. The van der Waals surface area contributed by atoms with E-state index in [9.17, 15) is 9.18 Å². The number of carbonyl (C=O) groups excluding carboxylic acids is 1. The maximum Gasteiger partial charge on any atom is 0.182 e. The van der Waals surface area contributed by atoms with Gasteiger partial charge in [0.1, 0.15) is 11.7 Å². The first kappa shape index (κ1) is 10.4. The number of halogens is 1. The third-order valence-electron chi connectivity index (χ3n) is 2.04. The lowest BCUT2D eigenvalue weighted by atomic mass is 9.98. The van der Waals surface area contributed by atoms with E-state index in [1.165, 1.54) is 13.0 Å². The van der Waals surface area contributed by atoms with Crippen LogP contribution in [0.4, 0.5) is 4.39 Å². The van der Waals surface area contributed by atoms with E-state index in [1.54, 1.807) is 25.1 Å². The van der Waals surface area contributed by atoms with Gasteiger partial charge >= 0.3 is 0 Å².